The van der Waals surface area contributed by atoms with E-state index in [1.165, 1.54) is 17.0 Å². The summed E-state index contributed by atoms with van der Waals surface area (Å²) < 4.78 is 51.1. The quantitative estimate of drug-likeness (QED) is 0.279. The fourth-order valence-electron chi connectivity index (χ4n) is 3.93. The van der Waals surface area contributed by atoms with Gasteiger partial charge in [-0.2, -0.15) is 13.2 Å². The first-order chi connectivity index (χ1) is 15.7. The summed E-state index contributed by atoms with van der Waals surface area (Å²) in [6.07, 6.45) is -4.53. The molecule has 0 fully saturated rings. The molecule has 1 aromatic heterocycles. The maximum absolute atomic E-state index is 13.3. The van der Waals surface area contributed by atoms with Crippen molar-refractivity contribution >= 4 is 39.9 Å². The van der Waals surface area contributed by atoms with E-state index in [-0.39, 0.29) is 29.6 Å². The Bertz CT molecular complexity index is 1440. The summed E-state index contributed by atoms with van der Waals surface area (Å²) in [6.45, 7) is -0.00350. The van der Waals surface area contributed by atoms with Crippen LogP contribution in [-0.4, -0.2) is 6.73 Å². The maximum Gasteiger partial charge on any atom is 0.416 e. The van der Waals surface area contributed by atoms with Crippen LogP contribution in [0.25, 0.3) is 22.1 Å². The molecule has 0 aliphatic carbocycles. The van der Waals surface area contributed by atoms with Crippen molar-refractivity contribution in [2.45, 2.75) is 12.7 Å². The van der Waals surface area contributed by atoms with Crippen LogP contribution >= 0.6 is 23.2 Å². The van der Waals surface area contributed by atoms with Crippen molar-refractivity contribution in [3.05, 3.63) is 92.3 Å². The average molecular weight is 492 g/mol. The summed E-state index contributed by atoms with van der Waals surface area (Å²) in [5, 5.41) is 1.02. The molecule has 4 aromatic rings. The van der Waals surface area contributed by atoms with Crippen LogP contribution in [0.4, 0.5) is 18.9 Å². The van der Waals surface area contributed by atoms with Gasteiger partial charge in [0.1, 0.15) is 11.3 Å². The second-order valence-corrected chi connectivity index (χ2v) is 8.34. The molecule has 3 aromatic carbocycles. The zero-order valence-electron chi connectivity index (χ0n) is 16.7. The summed E-state index contributed by atoms with van der Waals surface area (Å²) in [7, 11) is 0. The van der Waals surface area contributed by atoms with Crippen molar-refractivity contribution in [1.82, 2.24) is 0 Å². The first kappa shape index (κ1) is 21.7. The number of hydrogen-bond donors (Lipinski definition) is 0. The van der Waals surface area contributed by atoms with Crippen LogP contribution in [0.1, 0.15) is 11.1 Å². The van der Waals surface area contributed by atoms with E-state index in [0.29, 0.717) is 27.3 Å². The fraction of sp³-hybridized carbons (Fsp3) is 0.125. The molecule has 1 aliphatic rings. The maximum atomic E-state index is 13.3. The topological polar surface area (TPSA) is 42.7 Å². The number of fused-ring (bicyclic) bond motifs is 3. The molecule has 0 atom stereocenters. The second kappa shape index (κ2) is 8.01. The van der Waals surface area contributed by atoms with E-state index in [2.05, 4.69) is 0 Å². The van der Waals surface area contributed by atoms with Gasteiger partial charge in [0.05, 0.1) is 33.4 Å². The molecule has 0 spiro atoms. The van der Waals surface area contributed by atoms with E-state index in [9.17, 15) is 18.0 Å². The molecule has 2 heterocycles. The smallest absolute Gasteiger partial charge is 0.416 e. The Morgan fingerprint density at radius 2 is 1.70 bits per heavy atom. The number of anilines is 1. The summed E-state index contributed by atoms with van der Waals surface area (Å²) in [6, 6.07) is 15.4. The third kappa shape index (κ3) is 3.92. The molecule has 0 amide bonds. The van der Waals surface area contributed by atoms with Crippen molar-refractivity contribution in [1.29, 1.82) is 0 Å². The molecule has 0 N–H and O–H groups in total. The Balaban J connectivity index is 1.67. The fourth-order valence-corrected chi connectivity index (χ4v) is 4.45. The Morgan fingerprint density at radius 3 is 2.42 bits per heavy atom. The zero-order valence-corrected chi connectivity index (χ0v) is 18.3. The third-order valence-corrected chi connectivity index (χ3v) is 6.05. The van der Waals surface area contributed by atoms with Crippen molar-refractivity contribution in [2.75, 3.05) is 11.6 Å². The Labute approximate surface area is 195 Å². The molecule has 33 heavy (non-hydrogen) atoms. The van der Waals surface area contributed by atoms with E-state index in [4.69, 9.17) is 32.4 Å². The minimum atomic E-state index is -4.53. The van der Waals surface area contributed by atoms with Crippen LogP contribution in [0.5, 0.6) is 5.75 Å². The molecular formula is C24H14Cl2F3NO3. The number of benzene rings is 3. The zero-order chi connectivity index (χ0) is 23.3. The lowest BCUT2D eigenvalue weighted by Gasteiger charge is -2.32. The van der Waals surface area contributed by atoms with E-state index in [1.807, 2.05) is 30.3 Å². The number of alkyl halides is 3. The number of nitrogens with zero attached hydrogens (tertiary/aromatic N) is 1. The summed E-state index contributed by atoms with van der Waals surface area (Å²) in [5.41, 5.74) is 0.871. The Kier molecular flexibility index (Phi) is 5.26. The average Bonchev–Trinajstić information content (AvgIpc) is 2.79. The highest BCUT2D eigenvalue weighted by atomic mass is 35.5. The van der Waals surface area contributed by atoms with Gasteiger partial charge in [0.2, 0.25) is 0 Å². The summed E-state index contributed by atoms with van der Waals surface area (Å²) in [5.74, 6) is 0.317. The number of halogens is 5. The molecular weight excluding hydrogens is 478 g/mol. The Hall–Kier alpha value is -3.16. The lowest BCUT2D eigenvalue weighted by molar-refractivity contribution is -0.137. The molecule has 0 radical (unpaired) electrons. The van der Waals surface area contributed by atoms with Gasteiger partial charge in [-0.3, -0.25) is 0 Å². The van der Waals surface area contributed by atoms with Gasteiger partial charge in [-0.1, -0.05) is 53.5 Å². The van der Waals surface area contributed by atoms with E-state index in [0.717, 1.165) is 17.7 Å². The van der Waals surface area contributed by atoms with E-state index >= 15 is 0 Å². The van der Waals surface area contributed by atoms with Crippen LogP contribution < -0.4 is 15.3 Å². The number of rotatable bonds is 2. The molecule has 9 heteroatoms. The van der Waals surface area contributed by atoms with Gasteiger partial charge in [-0.25, -0.2) is 4.79 Å². The minimum absolute atomic E-state index is 0.0780. The first-order valence-electron chi connectivity index (χ1n) is 9.81. The molecule has 5 rings (SSSR count). The van der Waals surface area contributed by atoms with Crippen molar-refractivity contribution in [2.24, 2.45) is 0 Å². The number of ether oxygens (including phenoxy) is 1. The van der Waals surface area contributed by atoms with Gasteiger partial charge in [-0.05, 0) is 35.4 Å². The van der Waals surface area contributed by atoms with Crippen molar-refractivity contribution < 1.29 is 22.3 Å². The molecule has 168 valence electrons. The van der Waals surface area contributed by atoms with E-state index < -0.39 is 17.4 Å². The summed E-state index contributed by atoms with van der Waals surface area (Å²) in [4.78, 5) is 13.9. The predicted molar refractivity (Wildman–Crippen MR) is 121 cm³/mol. The molecule has 0 unspecified atom stereocenters. The SMILES string of the molecule is O=c1cc(-c2ccccc2)c2cc(Cl)c3c(c2o1)CN(c1cc(C(F)(F)F)ccc1Cl)CO3. The van der Waals surface area contributed by atoms with Crippen LogP contribution in [-0.2, 0) is 12.7 Å². The third-order valence-electron chi connectivity index (χ3n) is 5.45. The largest absolute Gasteiger partial charge is 0.471 e. The summed E-state index contributed by atoms with van der Waals surface area (Å²) >= 11 is 12.7. The normalized spacial score (nSPS) is 13.7. The van der Waals surface area contributed by atoms with Crippen LogP contribution in [0.15, 0.2) is 69.9 Å². The van der Waals surface area contributed by atoms with Crippen molar-refractivity contribution in [3.8, 4) is 16.9 Å². The van der Waals surface area contributed by atoms with Gasteiger partial charge in [0, 0.05) is 11.5 Å². The van der Waals surface area contributed by atoms with Gasteiger partial charge in [-0.15, -0.1) is 0 Å². The molecule has 1 aliphatic heterocycles. The highest BCUT2D eigenvalue weighted by Gasteiger charge is 2.33. The van der Waals surface area contributed by atoms with Gasteiger partial charge in [0.15, 0.2) is 6.73 Å². The monoisotopic (exact) mass is 491 g/mol. The standard InChI is InChI=1S/C24H14Cl2F3NO3/c25-18-7-6-14(24(27,28)29)8-20(18)30-11-17-22-16(9-19(26)23(17)32-12-30)15(10-21(31)33-22)13-4-2-1-3-5-13/h1-10H,11-12H2. The van der Waals surface area contributed by atoms with Crippen molar-refractivity contribution in [3.63, 3.8) is 0 Å². The highest BCUT2D eigenvalue weighted by Crippen LogP contribution is 2.43. The highest BCUT2D eigenvalue weighted by molar-refractivity contribution is 6.34. The molecule has 0 saturated heterocycles. The predicted octanol–water partition coefficient (Wildman–Crippen LogP) is 7.14. The lowest BCUT2D eigenvalue weighted by atomic mass is 9.99. The van der Waals surface area contributed by atoms with Gasteiger partial charge in [0.25, 0.3) is 0 Å². The van der Waals surface area contributed by atoms with Crippen LogP contribution in [0.2, 0.25) is 10.0 Å². The van der Waals surface area contributed by atoms with Gasteiger partial charge >= 0.3 is 11.8 Å². The van der Waals surface area contributed by atoms with Crippen LogP contribution in [0.3, 0.4) is 0 Å². The molecule has 0 saturated carbocycles. The molecule has 4 nitrogen and oxygen atoms in total. The van der Waals surface area contributed by atoms with E-state index in [1.54, 1.807) is 6.07 Å². The Morgan fingerprint density at radius 1 is 0.939 bits per heavy atom. The second-order valence-electron chi connectivity index (χ2n) is 7.52. The first-order valence-corrected chi connectivity index (χ1v) is 10.6. The van der Waals surface area contributed by atoms with Gasteiger partial charge < -0.3 is 14.1 Å². The lowest BCUT2D eigenvalue weighted by Crippen LogP contribution is -2.32. The molecule has 0 bridgehead atoms. The number of hydrogen-bond acceptors (Lipinski definition) is 4. The minimum Gasteiger partial charge on any atom is -0.471 e. The van der Waals surface area contributed by atoms with Crippen LogP contribution in [0, 0.1) is 0 Å².